The highest BCUT2D eigenvalue weighted by Gasteiger charge is 2.21. The number of para-hydroxylation sites is 2. The predicted octanol–water partition coefficient (Wildman–Crippen LogP) is 4.23. The summed E-state index contributed by atoms with van der Waals surface area (Å²) < 4.78 is 4.23. The fraction of sp³-hybridized carbons (Fsp3) is 0.0476. The van der Waals surface area contributed by atoms with Crippen molar-refractivity contribution in [2.75, 3.05) is 0 Å². The van der Waals surface area contributed by atoms with E-state index in [2.05, 4.69) is 84.1 Å². The van der Waals surface area contributed by atoms with Crippen LogP contribution in [0.25, 0.3) is 33.0 Å². The summed E-state index contributed by atoms with van der Waals surface area (Å²) in [5.41, 5.74) is 4.59. The van der Waals surface area contributed by atoms with Gasteiger partial charge in [0.15, 0.2) is 0 Å². The zero-order valence-electron chi connectivity index (χ0n) is 13.3. The van der Waals surface area contributed by atoms with Crippen LogP contribution >= 0.6 is 0 Å². The van der Waals surface area contributed by atoms with E-state index in [1.807, 2.05) is 11.0 Å². The summed E-state index contributed by atoms with van der Waals surface area (Å²) in [7, 11) is 0. The van der Waals surface area contributed by atoms with E-state index >= 15 is 0 Å². The average molecular weight is 310 g/mol. The Kier molecular flexibility index (Phi) is 2.71. The van der Waals surface area contributed by atoms with Crippen molar-refractivity contribution < 1.29 is 4.40 Å². The van der Waals surface area contributed by atoms with Crippen LogP contribution < -0.4 is 4.40 Å². The molecule has 0 spiro atoms. The van der Waals surface area contributed by atoms with Gasteiger partial charge in [-0.2, -0.15) is 4.40 Å². The Labute approximate surface area is 139 Å². The SMILES string of the molecule is Cc1ccccc1-n1nc[n+]2c3ccccc3c3ccccc3c12. The third kappa shape index (κ3) is 1.72. The third-order valence-electron chi connectivity index (χ3n) is 4.68. The number of rotatable bonds is 1. The average Bonchev–Trinajstić information content (AvgIpc) is 3.08. The van der Waals surface area contributed by atoms with Crippen LogP contribution in [0, 0.1) is 6.92 Å². The summed E-state index contributed by atoms with van der Waals surface area (Å²) in [5.74, 6) is 0. The number of hydrogen-bond acceptors (Lipinski definition) is 1. The number of aryl methyl sites for hydroxylation is 1. The van der Waals surface area contributed by atoms with Gasteiger partial charge in [0.05, 0.1) is 5.39 Å². The van der Waals surface area contributed by atoms with Crippen molar-refractivity contribution in [3.63, 3.8) is 0 Å². The number of fused-ring (bicyclic) bond motifs is 6. The smallest absolute Gasteiger partial charge is 0.195 e. The molecule has 0 bridgehead atoms. The molecular formula is C21H16N3+. The molecule has 0 atom stereocenters. The van der Waals surface area contributed by atoms with E-state index in [-0.39, 0.29) is 0 Å². The molecule has 3 aromatic carbocycles. The van der Waals surface area contributed by atoms with E-state index in [9.17, 15) is 0 Å². The maximum atomic E-state index is 4.71. The van der Waals surface area contributed by atoms with Crippen LogP contribution in [0.15, 0.2) is 79.1 Å². The first-order valence-corrected chi connectivity index (χ1v) is 8.09. The highest BCUT2D eigenvalue weighted by molar-refractivity contribution is 6.09. The van der Waals surface area contributed by atoms with Crippen molar-refractivity contribution in [1.82, 2.24) is 9.78 Å². The van der Waals surface area contributed by atoms with E-state index < -0.39 is 0 Å². The highest BCUT2D eigenvalue weighted by atomic mass is 15.4. The van der Waals surface area contributed by atoms with Crippen molar-refractivity contribution >= 4 is 27.3 Å². The first-order chi connectivity index (χ1) is 11.8. The van der Waals surface area contributed by atoms with Crippen molar-refractivity contribution in [3.05, 3.63) is 84.7 Å². The van der Waals surface area contributed by atoms with E-state index in [4.69, 9.17) is 5.10 Å². The zero-order valence-corrected chi connectivity index (χ0v) is 13.3. The lowest BCUT2D eigenvalue weighted by Gasteiger charge is -2.06. The summed E-state index contributed by atoms with van der Waals surface area (Å²) in [6.07, 6.45) is 1.91. The Morgan fingerprint density at radius 2 is 1.42 bits per heavy atom. The molecular weight excluding hydrogens is 294 g/mol. The fourth-order valence-corrected chi connectivity index (χ4v) is 3.54. The van der Waals surface area contributed by atoms with Gasteiger partial charge in [0.25, 0.3) is 12.0 Å². The normalized spacial score (nSPS) is 11.5. The van der Waals surface area contributed by atoms with Crippen molar-refractivity contribution in [3.8, 4) is 5.69 Å². The Balaban J connectivity index is 2.05. The molecule has 24 heavy (non-hydrogen) atoms. The standard InChI is InChI=1S/C21H16N3/c1-15-8-2-6-12-19(15)24-21-18-11-4-3-9-16(18)17-10-5-7-13-20(17)23(21)14-22-24/h2-14H,1H3/q+1. The molecule has 0 aliphatic rings. The Morgan fingerprint density at radius 3 is 2.25 bits per heavy atom. The Hall–Kier alpha value is -3.20. The maximum Gasteiger partial charge on any atom is 0.279 e. The molecule has 114 valence electrons. The van der Waals surface area contributed by atoms with Crippen LogP contribution in [0.4, 0.5) is 0 Å². The monoisotopic (exact) mass is 310 g/mol. The molecule has 0 saturated heterocycles. The molecule has 5 rings (SSSR count). The second-order valence-corrected chi connectivity index (χ2v) is 6.09. The van der Waals surface area contributed by atoms with Gasteiger partial charge in [0, 0.05) is 10.5 Å². The van der Waals surface area contributed by atoms with Crippen LogP contribution in [0.2, 0.25) is 0 Å². The molecule has 0 N–H and O–H groups in total. The second kappa shape index (κ2) is 4.90. The molecule has 0 fully saturated rings. The van der Waals surface area contributed by atoms with Crippen molar-refractivity contribution in [1.29, 1.82) is 0 Å². The highest BCUT2D eigenvalue weighted by Crippen LogP contribution is 2.27. The number of nitrogens with zero attached hydrogens (tertiary/aromatic N) is 3. The molecule has 3 nitrogen and oxygen atoms in total. The first-order valence-electron chi connectivity index (χ1n) is 8.09. The largest absolute Gasteiger partial charge is 0.279 e. The van der Waals surface area contributed by atoms with Crippen LogP contribution in [-0.2, 0) is 0 Å². The molecule has 0 unspecified atom stereocenters. The molecule has 2 aromatic heterocycles. The summed E-state index contributed by atoms with van der Waals surface area (Å²) in [4.78, 5) is 0. The fourth-order valence-electron chi connectivity index (χ4n) is 3.54. The van der Waals surface area contributed by atoms with Crippen LogP contribution in [0.1, 0.15) is 5.56 Å². The molecule has 0 radical (unpaired) electrons. The van der Waals surface area contributed by atoms with Gasteiger partial charge >= 0.3 is 0 Å². The molecule has 0 aliphatic heterocycles. The van der Waals surface area contributed by atoms with Crippen LogP contribution in [-0.4, -0.2) is 9.78 Å². The second-order valence-electron chi connectivity index (χ2n) is 6.09. The Bertz CT molecular complexity index is 1220. The molecule has 5 aromatic rings. The van der Waals surface area contributed by atoms with E-state index in [1.165, 1.54) is 27.2 Å². The quantitative estimate of drug-likeness (QED) is 0.335. The molecule has 2 heterocycles. The van der Waals surface area contributed by atoms with Crippen molar-refractivity contribution in [2.45, 2.75) is 6.92 Å². The van der Waals surface area contributed by atoms with Gasteiger partial charge in [-0.25, -0.2) is 0 Å². The van der Waals surface area contributed by atoms with Crippen molar-refractivity contribution in [2.24, 2.45) is 0 Å². The summed E-state index contributed by atoms with van der Waals surface area (Å²) in [6, 6.07) is 25.4. The summed E-state index contributed by atoms with van der Waals surface area (Å²) >= 11 is 0. The van der Waals surface area contributed by atoms with Gasteiger partial charge in [-0.3, -0.25) is 0 Å². The van der Waals surface area contributed by atoms with E-state index in [1.54, 1.807) is 0 Å². The lowest BCUT2D eigenvalue weighted by Crippen LogP contribution is -2.21. The van der Waals surface area contributed by atoms with E-state index in [0.29, 0.717) is 0 Å². The zero-order chi connectivity index (χ0) is 16.1. The third-order valence-corrected chi connectivity index (χ3v) is 4.68. The minimum atomic E-state index is 1.10. The maximum absolute atomic E-state index is 4.71. The van der Waals surface area contributed by atoms with E-state index in [0.717, 1.165) is 11.3 Å². The van der Waals surface area contributed by atoms with Crippen LogP contribution in [0.3, 0.4) is 0 Å². The summed E-state index contributed by atoms with van der Waals surface area (Å²) in [5, 5.41) is 8.41. The first kappa shape index (κ1) is 13.3. The molecule has 0 aliphatic carbocycles. The molecule has 0 saturated carbocycles. The number of aromatic nitrogens is 3. The Morgan fingerprint density at radius 1 is 0.750 bits per heavy atom. The molecule has 3 heteroatoms. The lowest BCUT2D eigenvalue weighted by molar-refractivity contribution is -0.480. The number of pyridine rings is 1. The minimum absolute atomic E-state index is 1.10. The van der Waals surface area contributed by atoms with Gasteiger partial charge in [0.2, 0.25) is 0 Å². The van der Waals surface area contributed by atoms with Gasteiger partial charge in [-0.05, 0) is 36.1 Å². The summed E-state index contributed by atoms with van der Waals surface area (Å²) in [6.45, 7) is 2.12. The number of hydrogen-bond donors (Lipinski definition) is 0. The molecule has 0 amide bonds. The van der Waals surface area contributed by atoms with Crippen LogP contribution in [0.5, 0.6) is 0 Å². The van der Waals surface area contributed by atoms with Gasteiger partial charge in [-0.1, -0.05) is 59.3 Å². The van der Waals surface area contributed by atoms with Gasteiger partial charge in [-0.15, -0.1) is 0 Å². The predicted molar refractivity (Wildman–Crippen MR) is 96.5 cm³/mol. The number of benzene rings is 3. The lowest BCUT2D eigenvalue weighted by atomic mass is 10.1. The minimum Gasteiger partial charge on any atom is -0.195 e. The van der Waals surface area contributed by atoms with Gasteiger partial charge < -0.3 is 0 Å². The topological polar surface area (TPSA) is 21.9 Å². The van der Waals surface area contributed by atoms with Gasteiger partial charge in [0.1, 0.15) is 11.2 Å².